The van der Waals surface area contributed by atoms with Crippen LogP contribution in [0.15, 0.2) is 18.2 Å². The maximum Gasteiger partial charge on any atom is 0.231 e. The summed E-state index contributed by atoms with van der Waals surface area (Å²) in [6.45, 7) is 2.50. The fourth-order valence-electron chi connectivity index (χ4n) is 2.86. The second-order valence-electron chi connectivity index (χ2n) is 5.41. The Morgan fingerprint density at radius 3 is 2.89 bits per heavy atom. The lowest BCUT2D eigenvalue weighted by Gasteiger charge is -2.11. The molecular formula is C15H17NO3. The first-order valence-corrected chi connectivity index (χ1v) is 6.61. The third-order valence-electron chi connectivity index (χ3n) is 4.01. The minimum absolute atomic E-state index is 0.0390. The van der Waals surface area contributed by atoms with E-state index in [1.165, 1.54) is 0 Å². The SMILES string of the molecule is CC1CC(C(=O)c2ccc3c(c2)CC(=O)N3C)CO1. The second-order valence-corrected chi connectivity index (χ2v) is 5.41. The summed E-state index contributed by atoms with van der Waals surface area (Å²) in [5.41, 5.74) is 2.56. The van der Waals surface area contributed by atoms with Crippen LogP contribution in [-0.4, -0.2) is 31.4 Å². The number of likely N-dealkylation sites (N-methyl/N-ethyl adjacent to an activating group) is 1. The Bertz CT molecular complexity index is 552. The van der Waals surface area contributed by atoms with Gasteiger partial charge in [0, 0.05) is 24.2 Å². The molecule has 3 rings (SSSR count). The van der Waals surface area contributed by atoms with Crippen LogP contribution in [0.4, 0.5) is 5.69 Å². The maximum atomic E-state index is 12.4. The molecule has 0 aliphatic carbocycles. The van der Waals surface area contributed by atoms with Crippen molar-refractivity contribution in [3.05, 3.63) is 29.3 Å². The van der Waals surface area contributed by atoms with Crippen LogP contribution >= 0.6 is 0 Å². The lowest BCUT2D eigenvalue weighted by Crippen LogP contribution is -2.20. The first-order chi connectivity index (χ1) is 9.06. The average Bonchev–Trinajstić information content (AvgIpc) is 2.94. The lowest BCUT2D eigenvalue weighted by molar-refractivity contribution is -0.117. The van der Waals surface area contributed by atoms with Crippen LogP contribution in [0.1, 0.15) is 29.3 Å². The van der Waals surface area contributed by atoms with E-state index in [0.717, 1.165) is 17.7 Å². The Hall–Kier alpha value is -1.68. The molecule has 2 atom stereocenters. The first-order valence-electron chi connectivity index (χ1n) is 6.61. The van der Waals surface area contributed by atoms with Gasteiger partial charge in [-0.15, -0.1) is 0 Å². The zero-order valence-corrected chi connectivity index (χ0v) is 11.2. The van der Waals surface area contributed by atoms with E-state index < -0.39 is 0 Å². The number of hydrogen-bond donors (Lipinski definition) is 0. The van der Waals surface area contributed by atoms with Gasteiger partial charge in [0.1, 0.15) is 0 Å². The molecule has 0 aromatic heterocycles. The molecule has 4 nitrogen and oxygen atoms in total. The summed E-state index contributed by atoms with van der Waals surface area (Å²) in [6.07, 6.45) is 1.34. The van der Waals surface area contributed by atoms with Gasteiger partial charge in [0.25, 0.3) is 0 Å². The molecule has 2 aliphatic rings. The van der Waals surface area contributed by atoms with Gasteiger partial charge in [0.15, 0.2) is 5.78 Å². The van der Waals surface area contributed by atoms with E-state index in [4.69, 9.17) is 4.74 Å². The Morgan fingerprint density at radius 1 is 1.42 bits per heavy atom. The molecule has 1 fully saturated rings. The van der Waals surface area contributed by atoms with E-state index in [2.05, 4.69) is 0 Å². The smallest absolute Gasteiger partial charge is 0.231 e. The Morgan fingerprint density at radius 2 is 2.21 bits per heavy atom. The molecule has 4 heteroatoms. The predicted octanol–water partition coefficient (Wildman–Crippen LogP) is 1.81. The van der Waals surface area contributed by atoms with Crippen LogP contribution in [-0.2, 0) is 16.0 Å². The highest BCUT2D eigenvalue weighted by Crippen LogP contribution is 2.30. The van der Waals surface area contributed by atoms with E-state index in [0.29, 0.717) is 18.6 Å². The minimum atomic E-state index is -0.0390. The van der Waals surface area contributed by atoms with Crippen LogP contribution in [0, 0.1) is 5.92 Å². The molecule has 1 aromatic rings. The number of benzene rings is 1. The molecule has 1 aromatic carbocycles. The zero-order valence-electron chi connectivity index (χ0n) is 11.2. The molecule has 0 spiro atoms. The summed E-state index contributed by atoms with van der Waals surface area (Å²) in [5, 5.41) is 0. The number of fused-ring (bicyclic) bond motifs is 1. The van der Waals surface area contributed by atoms with Gasteiger partial charge in [-0.3, -0.25) is 9.59 Å². The summed E-state index contributed by atoms with van der Waals surface area (Å²) in [7, 11) is 1.77. The number of nitrogens with zero attached hydrogens (tertiary/aromatic N) is 1. The lowest BCUT2D eigenvalue weighted by atomic mass is 9.94. The quantitative estimate of drug-likeness (QED) is 0.761. The van der Waals surface area contributed by atoms with Crippen molar-refractivity contribution in [1.29, 1.82) is 0 Å². The number of amides is 1. The molecule has 0 saturated carbocycles. The monoisotopic (exact) mass is 259 g/mol. The van der Waals surface area contributed by atoms with Crippen molar-refractivity contribution in [2.75, 3.05) is 18.6 Å². The summed E-state index contributed by atoms with van der Waals surface area (Å²) < 4.78 is 5.45. The fraction of sp³-hybridized carbons (Fsp3) is 0.467. The minimum Gasteiger partial charge on any atom is -0.378 e. The standard InChI is InChI=1S/C15H17NO3/c1-9-5-12(8-19-9)15(18)10-3-4-13-11(6-10)7-14(17)16(13)2/h3-4,6,9,12H,5,7-8H2,1-2H3. The topological polar surface area (TPSA) is 46.6 Å². The Labute approximate surface area is 112 Å². The van der Waals surface area contributed by atoms with Crippen LogP contribution in [0.2, 0.25) is 0 Å². The van der Waals surface area contributed by atoms with Crippen molar-refractivity contribution in [3.8, 4) is 0 Å². The van der Waals surface area contributed by atoms with Crippen molar-refractivity contribution in [2.24, 2.45) is 5.92 Å². The van der Waals surface area contributed by atoms with E-state index in [1.54, 1.807) is 11.9 Å². The number of carbonyl (C=O) groups is 2. The molecule has 2 aliphatic heterocycles. The number of ketones is 1. The molecule has 1 amide bonds. The molecular weight excluding hydrogens is 242 g/mol. The third-order valence-corrected chi connectivity index (χ3v) is 4.01. The van der Waals surface area contributed by atoms with Gasteiger partial charge in [0.05, 0.1) is 19.1 Å². The molecule has 2 unspecified atom stereocenters. The highest BCUT2D eigenvalue weighted by atomic mass is 16.5. The number of anilines is 1. The summed E-state index contributed by atoms with van der Waals surface area (Å²) >= 11 is 0. The van der Waals surface area contributed by atoms with Crippen LogP contribution in [0.5, 0.6) is 0 Å². The van der Waals surface area contributed by atoms with E-state index >= 15 is 0 Å². The first kappa shape index (κ1) is 12.4. The molecule has 0 N–H and O–H groups in total. The van der Waals surface area contributed by atoms with Gasteiger partial charge in [-0.2, -0.15) is 0 Å². The van der Waals surface area contributed by atoms with Crippen molar-refractivity contribution in [3.63, 3.8) is 0 Å². The average molecular weight is 259 g/mol. The zero-order chi connectivity index (χ0) is 13.6. The van der Waals surface area contributed by atoms with Crippen molar-refractivity contribution < 1.29 is 14.3 Å². The molecule has 0 bridgehead atoms. The number of Topliss-reactive ketones (excluding diaryl/α,β-unsaturated/α-hetero) is 1. The van der Waals surface area contributed by atoms with E-state index in [9.17, 15) is 9.59 Å². The van der Waals surface area contributed by atoms with Gasteiger partial charge in [0.2, 0.25) is 5.91 Å². The fourth-order valence-corrected chi connectivity index (χ4v) is 2.86. The number of carbonyl (C=O) groups excluding carboxylic acids is 2. The maximum absolute atomic E-state index is 12.4. The Kier molecular flexibility index (Phi) is 2.90. The molecule has 0 radical (unpaired) electrons. The highest BCUT2D eigenvalue weighted by Gasteiger charge is 2.30. The van der Waals surface area contributed by atoms with Crippen LogP contribution < -0.4 is 4.90 Å². The highest BCUT2D eigenvalue weighted by molar-refractivity contribution is 6.04. The van der Waals surface area contributed by atoms with Crippen LogP contribution in [0.25, 0.3) is 0 Å². The van der Waals surface area contributed by atoms with Gasteiger partial charge in [-0.25, -0.2) is 0 Å². The van der Waals surface area contributed by atoms with Crippen LogP contribution in [0.3, 0.4) is 0 Å². The summed E-state index contributed by atoms with van der Waals surface area (Å²) in [6, 6.07) is 5.55. The number of rotatable bonds is 2. The van der Waals surface area contributed by atoms with Gasteiger partial charge in [-0.05, 0) is 37.1 Å². The summed E-state index contributed by atoms with van der Waals surface area (Å²) in [5.74, 6) is 0.175. The summed E-state index contributed by atoms with van der Waals surface area (Å²) in [4.78, 5) is 25.7. The van der Waals surface area contributed by atoms with Gasteiger partial charge < -0.3 is 9.64 Å². The van der Waals surface area contributed by atoms with Crippen molar-refractivity contribution in [1.82, 2.24) is 0 Å². The normalized spacial score (nSPS) is 25.8. The van der Waals surface area contributed by atoms with Crippen molar-refractivity contribution in [2.45, 2.75) is 25.9 Å². The van der Waals surface area contributed by atoms with E-state index in [1.807, 2.05) is 25.1 Å². The Balaban J connectivity index is 1.85. The molecule has 1 saturated heterocycles. The number of ether oxygens (including phenoxy) is 1. The molecule has 2 heterocycles. The van der Waals surface area contributed by atoms with Crippen molar-refractivity contribution >= 4 is 17.4 Å². The van der Waals surface area contributed by atoms with E-state index in [-0.39, 0.29) is 23.7 Å². The molecule has 19 heavy (non-hydrogen) atoms. The number of hydrogen-bond acceptors (Lipinski definition) is 3. The second kappa shape index (κ2) is 4.46. The largest absolute Gasteiger partial charge is 0.378 e. The predicted molar refractivity (Wildman–Crippen MR) is 71.4 cm³/mol. The third kappa shape index (κ3) is 2.06. The van der Waals surface area contributed by atoms with Gasteiger partial charge in [-0.1, -0.05) is 0 Å². The molecule has 100 valence electrons. The van der Waals surface area contributed by atoms with Gasteiger partial charge >= 0.3 is 0 Å².